The highest BCUT2D eigenvalue weighted by atomic mass is 16.5. The molecule has 2 aliphatic heterocycles. The summed E-state index contributed by atoms with van der Waals surface area (Å²) in [5.41, 5.74) is 2.83. The largest absolute Gasteiger partial charge is 0.379 e. The Morgan fingerprint density at radius 3 is 3.03 bits per heavy atom. The fourth-order valence-corrected chi connectivity index (χ4v) is 4.75. The van der Waals surface area contributed by atoms with E-state index in [9.17, 15) is 4.79 Å². The van der Waals surface area contributed by atoms with E-state index >= 15 is 0 Å². The number of carbonyl (C=O) groups is 1. The molecule has 3 aromatic rings. The van der Waals surface area contributed by atoms with Gasteiger partial charge in [-0.2, -0.15) is 0 Å². The first-order valence-corrected chi connectivity index (χ1v) is 10.3. The number of anilines is 1. The van der Waals surface area contributed by atoms with Crippen LogP contribution in [0, 0.1) is 5.41 Å². The molecule has 6 heteroatoms. The second-order valence-electron chi connectivity index (χ2n) is 8.30. The molecule has 150 valence electrons. The number of carbonyl (C=O) groups excluding carboxylic acids is 1. The number of aromatic nitrogens is 2. The zero-order chi connectivity index (χ0) is 19.7. The molecule has 1 spiro atoms. The Balaban J connectivity index is 1.37. The maximum atomic E-state index is 13.3. The molecule has 1 unspecified atom stereocenters. The number of ether oxygens (including phenoxy) is 1. The molecule has 2 fully saturated rings. The summed E-state index contributed by atoms with van der Waals surface area (Å²) in [5, 5.41) is 1.13. The van der Waals surface area contributed by atoms with Gasteiger partial charge in [-0.1, -0.05) is 6.07 Å². The summed E-state index contributed by atoms with van der Waals surface area (Å²) in [6.07, 6.45) is 7.70. The number of hydrogen-bond acceptors (Lipinski definition) is 4. The van der Waals surface area contributed by atoms with E-state index in [0.717, 1.165) is 61.2 Å². The Hall–Kier alpha value is -2.86. The first-order valence-electron chi connectivity index (χ1n) is 10.3. The Labute approximate surface area is 170 Å². The van der Waals surface area contributed by atoms with E-state index in [1.807, 2.05) is 47.6 Å². The first kappa shape index (κ1) is 18.2. The third-order valence-corrected chi connectivity index (χ3v) is 6.20. The van der Waals surface area contributed by atoms with Gasteiger partial charge in [0.2, 0.25) is 0 Å². The van der Waals surface area contributed by atoms with Crippen LogP contribution in [-0.4, -0.2) is 60.2 Å². The van der Waals surface area contributed by atoms with Crippen LogP contribution in [-0.2, 0) is 4.74 Å². The third-order valence-electron chi connectivity index (χ3n) is 6.20. The van der Waals surface area contributed by atoms with Crippen LogP contribution in [0.1, 0.15) is 23.2 Å². The SMILES string of the molecule is O=C(c1ccc2cc[nH]c2c1)N1CCCC2(COCCN(c3cccnc3)C2)C1. The average molecular weight is 390 g/mol. The lowest BCUT2D eigenvalue weighted by molar-refractivity contribution is 0.0135. The molecule has 6 nitrogen and oxygen atoms in total. The molecule has 0 radical (unpaired) electrons. The van der Waals surface area contributed by atoms with Crippen molar-refractivity contribution >= 4 is 22.5 Å². The van der Waals surface area contributed by atoms with Crippen molar-refractivity contribution in [3.05, 3.63) is 60.6 Å². The minimum absolute atomic E-state index is 0.0449. The van der Waals surface area contributed by atoms with E-state index in [2.05, 4.69) is 20.9 Å². The number of hydrogen-bond donors (Lipinski definition) is 1. The number of fused-ring (bicyclic) bond motifs is 1. The molecule has 1 N–H and O–H groups in total. The Morgan fingerprint density at radius 1 is 1.17 bits per heavy atom. The van der Waals surface area contributed by atoms with Crippen LogP contribution in [0.5, 0.6) is 0 Å². The van der Waals surface area contributed by atoms with Crippen LogP contribution in [0.2, 0.25) is 0 Å². The minimum Gasteiger partial charge on any atom is -0.379 e. The number of pyridine rings is 1. The molecule has 2 aromatic heterocycles. The summed E-state index contributed by atoms with van der Waals surface area (Å²) in [4.78, 5) is 25.1. The van der Waals surface area contributed by atoms with Gasteiger partial charge in [-0.15, -0.1) is 0 Å². The number of aromatic amines is 1. The van der Waals surface area contributed by atoms with Gasteiger partial charge in [0.25, 0.3) is 5.91 Å². The van der Waals surface area contributed by atoms with E-state index in [4.69, 9.17) is 4.74 Å². The van der Waals surface area contributed by atoms with Gasteiger partial charge in [-0.05, 0) is 48.6 Å². The zero-order valence-corrected chi connectivity index (χ0v) is 16.5. The number of nitrogens with one attached hydrogen (secondary N) is 1. The molecule has 1 amide bonds. The van der Waals surface area contributed by atoms with Crippen molar-refractivity contribution in [1.29, 1.82) is 0 Å². The number of amides is 1. The quantitative estimate of drug-likeness (QED) is 0.729. The van der Waals surface area contributed by atoms with Crippen LogP contribution < -0.4 is 4.90 Å². The van der Waals surface area contributed by atoms with Crippen LogP contribution in [0.15, 0.2) is 55.0 Å². The normalized spacial score (nSPS) is 22.8. The van der Waals surface area contributed by atoms with Gasteiger partial charge in [0.1, 0.15) is 0 Å². The molecular formula is C23H26N4O2. The van der Waals surface area contributed by atoms with E-state index in [1.165, 1.54) is 0 Å². The lowest BCUT2D eigenvalue weighted by atomic mass is 9.79. The van der Waals surface area contributed by atoms with E-state index in [1.54, 1.807) is 6.20 Å². The molecule has 1 atom stereocenters. The lowest BCUT2D eigenvalue weighted by Crippen LogP contribution is -2.52. The van der Waals surface area contributed by atoms with Crippen molar-refractivity contribution in [3.8, 4) is 0 Å². The number of benzene rings is 1. The van der Waals surface area contributed by atoms with Crippen molar-refractivity contribution in [2.45, 2.75) is 12.8 Å². The van der Waals surface area contributed by atoms with Crippen LogP contribution in [0.25, 0.3) is 10.9 Å². The topological polar surface area (TPSA) is 61.5 Å². The first-order chi connectivity index (χ1) is 14.2. The van der Waals surface area contributed by atoms with Gasteiger partial charge < -0.3 is 19.5 Å². The van der Waals surface area contributed by atoms with Gasteiger partial charge in [-0.3, -0.25) is 9.78 Å². The molecule has 2 aliphatic rings. The van der Waals surface area contributed by atoms with E-state index in [0.29, 0.717) is 13.2 Å². The highest BCUT2D eigenvalue weighted by Crippen LogP contribution is 2.35. The number of H-pyrrole nitrogens is 1. The molecule has 29 heavy (non-hydrogen) atoms. The van der Waals surface area contributed by atoms with Crippen molar-refractivity contribution in [3.63, 3.8) is 0 Å². The standard InChI is InChI=1S/C23H26N4O2/c28-22(19-5-4-18-6-9-25-21(18)13-19)27-10-2-7-23(16-27)15-26(11-12-29-17-23)20-3-1-8-24-14-20/h1,3-6,8-9,13-14,25H,2,7,10-12,15-17H2. The van der Waals surface area contributed by atoms with E-state index in [-0.39, 0.29) is 11.3 Å². The molecule has 2 saturated heterocycles. The Morgan fingerprint density at radius 2 is 2.14 bits per heavy atom. The highest BCUT2D eigenvalue weighted by molar-refractivity contribution is 5.98. The zero-order valence-electron chi connectivity index (χ0n) is 16.5. The molecule has 4 heterocycles. The predicted molar refractivity (Wildman–Crippen MR) is 113 cm³/mol. The molecular weight excluding hydrogens is 364 g/mol. The molecule has 0 aliphatic carbocycles. The van der Waals surface area contributed by atoms with Gasteiger partial charge in [-0.25, -0.2) is 0 Å². The maximum absolute atomic E-state index is 13.3. The van der Waals surface area contributed by atoms with Gasteiger partial charge >= 0.3 is 0 Å². The molecule has 1 aromatic carbocycles. The Kier molecular flexibility index (Phi) is 4.72. The summed E-state index contributed by atoms with van der Waals surface area (Å²) >= 11 is 0. The number of piperidine rings is 1. The molecule has 0 bridgehead atoms. The Bertz CT molecular complexity index is 1000. The lowest BCUT2D eigenvalue weighted by Gasteiger charge is -2.44. The fraction of sp³-hybridized carbons (Fsp3) is 0.391. The minimum atomic E-state index is -0.0449. The maximum Gasteiger partial charge on any atom is 0.253 e. The van der Waals surface area contributed by atoms with Gasteiger partial charge in [0.15, 0.2) is 0 Å². The summed E-state index contributed by atoms with van der Waals surface area (Å²) in [6.45, 7) is 4.67. The van der Waals surface area contributed by atoms with E-state index < -0.39 is 0 Å². The van der Waals surface area contributed by atoms with Crippen molar-refractivity contribution in [1.82, 2.24) is 14.9 Å². The third kappa shape index (κ3) is 3.60. The second kappa shape index (κ2) is 7.52. The number of nitrogens with zero attached hydrogens (tertiary/aromatic N) is 3. The van der Waals surface area contributed by atoms with Crippen molar-refractivity contribution in [2.75, 3.05) is 44.3 Å². The summed E-state index contributed by atoms with van der Waals surface area (Å²) in [7, 11) is 0. The predicted octanol–water partition coefficient (Wildman–Crippen LogP) is 3.32. The van der Waals surface area contributed by atoms with Crippen LogP contribution >= 0.6 is 0 Å². The molecule has 0 saturated carbocycles. The van der Waals surface area contributed by atoms with Gasteiger partial charge in [0.05, 0.1) is 25.1 Å². The summed E-state index contributed by atoms with van der Waals surface area (Å²) < 4.78 is 6.02. The number of likely N-dealkylation sites (tertiary alicyclic amines) is 1. The fourth-order valence-electron chi connectivity index (χ4n) is 4.75. The number of rotatable bonds is 2. The van der Waals surface area contributed by atoms with Crippen LogP contribution in [0.3, 0.4) is 0 Å². The smallest absolute Gasteiger partial charge is 0.253 e. The second-order valence-corrected chi connectivity index (χ2v) is 8.30. The highest BCUT2D eigenvalue weighted by Gasteiger charge is 2.40. The monoisotopic (exact) mass is 390 g/mol. The summed E-state index contributed by atoms with van der Waals surface area (Å²) in [5.74, 6) is 0.109. The average Bonchev–Trinajstić information content (AvgIpc) is 3.15. The van der Waals surface area contributed by atoms with Crippen molar-refractivity contribution in [2.24, 2.45) is 5.41 Å². The van der Waals surface area contributed by atoms with Crippen molar-refractivity contribution < 1.29 is 9.53 Å². The van der Waals surface area contributed by atoms with Gasteiger partial charge in [0, 0.05) is 55.1 Å². The van der Waals surface area contributed by atoms with Crippen LogP contribution in [0.4, 0.5) is 5.69 Å². The molecule has 5 rings (SSSR count). The summed E-state index contributed by atoms with van der Waals surface area (Å²) in [6, 6.07) is 12.0.